The van der Waals surface area contributed by atoms with Crippen LogP contribution in [-0.2, 0) is 14.8 Å². The molecule has 1 aromatic carbocycles. The van der Waals surface area contributed by atoms with Gasteiger partial charge in [0.25, 0.3) is 5.91 Å². The van der Waals surface area contributed by atoms with Crippen LogP contribution in [0.1, 0.15) is 40.0 Å². The van der Waals surface area contributed by atoms with Gasteiger partial charge in [-0.1, -0.05) is 20.8 Å². The molecular weight excluding hydrogens is 328 g/mol. The van der Waals surface area contributed by atoms with Crippen molar-refractivity contribution in [2.75, 3.05) is 17.6 Å². The Hall–Kier alpha value is -1.76. The first-order chi connectivity index (χ1) is 11.2. The summed E-state index contributed by atoms with van der Waals surface area (Å²) in [4.78, 5) is 12.3. The minimum Gasteiger partial charge on any atom is -0.481 e. The fourth-order valence-electron chi connectivity index (χ4n) is 2.20. The lowest BCUT2D eigenvalue weighted by molar-refractivity contribution is -0.128. The molecule has 0 unspecified atom stereocenters. The van der Waals surface area contributed by atoms with E-state index < -0.39 is 16.1 Å². The highest BCUT2D eigenvalue weighted by molar-refractivity contribution is 7.92. The Balaban J connectivity index is 2.78. The SMILES string of the molecule is CCC(CC)NC(=O)[C@@H](CC)Oc1ccc(N(C)S(C)(=O)=O)cc1. The van der Waals surface area contributed by atoms with Gasteiger partial charge in [-0.05, 0) is 43.5 Å². The highest BCUT2D eigenvalue weighted by Crippen LogP contribution is 2.21. The number of amides is 1. The van der Waals surface area contributed by atoms with Crippen molar-refractivity contribution in [2.24, 2.45) is 0 Å². The third-order valence-corrected chi connectivity index (χ3v) is 5.18. The molecule has 1 atom stereocenters. The smallest absolute Gasteiger partial charge is 0.261 e. The van der Waals surface area contributed by atoms with Crippen LogP contribution >= 0.6 is 0 Å². The number of hydrogen-bond donors (Lipinski definition) is 1. The summed E-state index contributed by atoms with van der Waals surface area (Å²) < 4.78 is 30.0. The van der Waals surface area contributed by atoms with Gasteiger partial charge >= 0.3 is 0 Å². The Morgan fingerprint density at radius 2 is 1.67 bits per heavy atom. The maximum absolute atomic E-state index is 12.3. The normalized spacial score (nSPS) is 12.8. The van der Waals surface area contributed by atoms with E-state index in [0.717, 1.165) is 19.1 Å². The summed E-state index contributed by atoms with van der Waals surface area (Å²) >= 11 is 0. The fraction of sp³-hybridized carbons (Fsp3) is 0.588. The van der Waals surface area contributed by atoms with Crippen molar-refractivity contribution in [2.45, 2.75) is 52.2 Å². The van der Waals surface area contributed by atoms with E-state index in [-0.39, 0.29) is 11.9 Å². The average molecular weight is 356 g/mol. The number of rotatable bonds is 9. The van der Waals surface area contributed by atoms with Crippen LogP contribution in [-0.4, -0.2) is 39.8 Å². The number of anilines is 1. The first-order valence-corrected chi connectivity index (χ1v) is 10.1. The van der Waals surface area contributed by atoms with Crippen molar-refractivity contribution in [3.63, 3.8) is 0 Å². The molecule has 0 radical (unpaired) electrons. The molecule has 0 saturated carbocycles. The van der Waals surface area contributed by atoms with Crippen molar-refractivity contribution in [1.29, 1.82) is 0 Å². The van der Waals surface area contributed by atoms with Gasteiger partial charge in [0.05, 0.1) is 11.9 Å². The zero-order valence-electron chi connectivity index (χ0n) is 15.1. The van der Waals surface area contributed by atoms with Gasteiger partial charge in [-0.25, -0.2) is 8.42 Å². The van der Waals surface area contributed by atoms with Crippen LogP contribution in [0.2, 0.25) is 0 Å². The second-order valence-electron chi connectivity index (χ2n) is 5.76. The third-order valence-electron chi connectivity index (χ3n) is 3.97. The molecule has 0 heterocycles. The fourth-order valence-corrected chi connectivity index (χ4v) is 2.70. The molecule has 1 rings (SSSR count). The predicted molar refractivity (Wildman–Crippen MR) is 96.9 cm³/mol. The Kier molecular flexibility index (Phi) is 7.54. The summed E-state index contributed by atoms with van der Waals surface area (Å²) in [6.07, 6.45) is 2.89. The van der Waals surface area contributed by atoms with Crippen molar-refractivity contribution >= 4 is 21.6 Å². The molecule has 1 amide bonds. The Morgan fingerprint density at radius 1 is 1.12 bits per heavy atom. The first kappa shape index (κ1) is 20.3. The summed E-state index contributed by atoms with van der Waals surface area (Å²) in [5.74, 6) is 0.413. The quantitative estimate of drug-likeness (QED) is 0.738. The van der Waals surface area contributed by atoms with Crippen LogP contribution in [0.15, 0.2) is 24.3 Å². The van der Waals surface area contributed by atoms with Crippen LogP contribution in [0, 0.1) is 0 Å². The van der Waals surface area contributed by atoms with Crippen LogP contribution in [0.4, 0.5) is 5.69 Å². The van der Waals surface area contributed by atoms with Crippen LogP contribution < -0.4 is 14.4 Å². The second kappa shape index (κ2) is 8.92. The highest BCUT2D eigenvalue weighted by atomic mass is 32.2. The number of nitrogens with one attached hydrogen (secondary N) is 1. The van der Waals surface area contributed by atoms with E-state index in [1.807, 2.05) is 20.8 Å². The summed E-state index contributed by atoms with van der Waals surface area (Å²) in [5, 5.41) is 2.99. The maximum atomic E-state index is 12.3. The molecule has 24 heavy (non-hydrogen) atoms. The van der Waals surface area contributed by atoms with Gasteiger partial charge in [-0.2, -0.15) is 0 Å². The molecule has 1 aromatic rings. The van der Waals surface area contributed by atoms with Crippen LogP contribution in [0.3, 0.4) is 0 Å². The topological polar surface area (TPSA) is 75.7 Å². The maximum Gasteiger partial charge on any atom is 0.261 e. The summed E-state index contributed by atoms with van der Waals surface area (Å²) in [6, 6.07) is 6.80. The number of benzene rings is 1. The molecule has 0 saturated heterocycles. The first-order valence-electron chi connectivity index (χ1n) is 8.23. The molecule has 136 valence electrons. The van der Waals surface area contributed by atoms with Crippen molar-refractivity contribution in [3.05, 3.63) is 24.3 Å². The van der Waals surface area contributed by atoms with Gasteiger partial charge in [0.1, 0.15) is 5.75 Å². The van der Waals surface area contributed by atoms with Crippen LogP contribution in [0.5, 0.6) is 5.75 Å². The van der Waals surface area contributed by atoms with E-state index >= 15 is 0 Å². The van der Waals surface area contributed by atoms with Gasteiger partial charge in [0.15, 0.2) is 6.10 Å². The minimum atomic E-state index is -3.30. The number of carbonyl (C=O) groups is 1. The summed E-state index contributed by atoms with van der Waals surface area (Å²) in [7, 11) is -1.81. The minimum absolute atomic E-state index is 0.122. The number of hydrogen-bond acceptors (Lipinski definition) is 4. The molecule has 7 heteroatoms. The van der Waals surface area contributed by atoms with Gasteiger partial charge in [0.2, 0.25) is 10.0 Å². The van der Waals surface area contributed by atoms with E-state index in [2.05, 4.69) is 5.32 Å². The zero-order chi connectivity index (χ0) is 18.3. The molecule has 0 fully saturated rings. The van der Waals surface area contributed by atoms with Gasteiger partial charge in [0, 0.05) is 13.1 Å². The molecule has 0 spiro atoms. The van der Waals surface area contributed by atoms with Gasteiger partial charge < -0.3 is 10.1 Å². The second-order valence-corrected chi connectivity index (χ2v) is 7.77. The lowest BCUT2D eigenvalue weighted by Gasteiger charge is -2.22. The van der Waals surface area contributed by atoms with Crippen LogP contribution in [0.25, 0.3) is 0 Å². The number of sulfonamides is 1. The van der Waals surface area contributed by atoms with Crippen molar-refractivity contribution < 1.29 is 17.9 Å². The molecule has 6 nitrogen and oxygen atoms in total. The van der Waals surface area contributed by atoms with Crippen molar-refractivity contribution in [1.82, 2.24) is 5.32 Å². The summed E-state index contributed by atoms with van der Waals surface area (Å²) in [6.45, 7) is 5.96. The van der Waals surface area contributed by atoms with E-state index in [4.69, 9.17) is 4.74 Å². The van der Waals surface area contributed by atoms with Gasteiger partial charge in [-0.3, -0.25) is 9.10 Å². The number of ether oxygens (including phenoxy) is 1. The van der Waals surface area contributed by atoms with E-state index in [1.54, 1.807) is 24.3 Å². The largest absolute Gasteiger partial charge is 0.481 e. The Labute approximate surface area is 145 Å². The molecule has 0 bridgehead atoms. The molecule has 0 aliphatic carbocycles. The molecule has 1 N–H and O–H groups in total. The van der Waals surface area contributed by atoms with E-state index in [0.29, 0.717) is 17.9 Å². The molecular formula is C17H28N2O4S. The van der Waals surface area contributed by atoms with Gasteiger partial charge in [-0.15, -0.1) is 0 Å². The lowest BCUT2D eigenvalue weighted by atomic mass is 10.1. The number of carbonyl (C=O) groups excluding carboxylic acids is 1. The average Bonchev–Trinajstić information content (AvgIpc) is 2.56. The third kappa shape index (κ3) is 5.70. The Bertz CT molecular complexity index is 624. The Morgan fingerprint density at radius 3 is 2.08 bits per heavy atom. The van der Waals surface area contributed by atoms with Crippen molar-refractivity contribution in [3.8, 4) is 5.75 Å². The lowest BCUT2D eigenvalue weighted by Crippen LogP contribution is -2.43. The predicted octanol–water partition coefficient (Wildman–Crippen LogP) is 2.54. The molecule has 0 aromatic heterocycles. The standard InChI is InChI=1S/C17H28N2O4S/c1-6-13(7-2)18-17(20)16(8-3)23-15-11-9-14(10-12-15)19(4)24(5,21)22/h9-13,16H,6-8H2,1-5H3,(H,18,20)/t16-/m1/s1. The molecule has 0 aliphatic heterocycles. The summed E-state index contributed by atoms with van der Waals surface area (Å²) in [5.41, 5.74) is 0.541. The van der Waals surface area contributed by atoms with E-state index in [1.165, 1.54) is 11.4 Å². The zero-order valence-corrected chi connectivity index (χ0v) is 15.9. The number of nitrogens with zero attached hydrogens (tertiary/aromatic N) is 1. The monoisotopic (exact) mass is 356 g/mol. The molecule has 0 aliphatic rings. The van der Waals surface area contributed by atoms with E-state index in [9.17, 15) is 13.2 Å². The highest BCUT2D eigenvalue weighted by Gasteiger charge is 2.20.